The molecule has 0 N–H and O–H groups in total. The Morgan fingerprint density at radius 2 is 0.427 bits per heavy atom. The number of para-hydroxylation sites is 8. The first-order valence-corrected chi connectivity index (χ1v) is 55.1. The van der Waals surface area contributed by atoms with E-state index in [0.717, 1.165) is 0 Å². The van der Waals surface area contributed by atoms with Gasteiger partial charge in [0, 0.05) is 112 Å². The van der Waals surface area contributed by atoms with Crippen molar-refractivity contribution in [3.05, 3.63) is 577 Å². The van der Waals surface area contributed by atoms with E-state index in [2.05, 4.69) is 583 Å². The molecule has 8 heteroatoms. The van der Waals surface area contributed by atoms with Crippen molar-refractivity contribution in [3.8, 4) is 89.0 Å². The van der Waals surface area contributed by atoms with E-state index in [9.17, 15) is 0 Å². The minimum absolute atomic E-state index is 0.0560. The molecule has 0 saturated carbocycles. The van der Waals surface area contributed by atoms with E-state index in [1.165, 1.54) is 252 Å². The van der Waals surface area contributed by atoms with Gasteiger partial charge in [-0.3, -0.25) is 0 Å². The molecule has 0 amide bonds. The summed E-state index contributed by atoms with van der Waals surface area (Å²) in [6.07, 6.45) is 0. The molecule has 0 bridgehead atoms. The summed E-state index contributed by atoms with van der Waals surface area (Å²) < 4.78 is 0. The third kappa shape index (κ3) is 15.1. The highest BCUT2D eigenvalue weighted by atomic mass is 32.2. The average molecular weight is 1990 g/mol. The van der Waals surface area contributed by atoms with Crippen LogP contribution in [0.25, 0.3) is 89.0 Å². The minimum Gasteiger partial charge on any atom is -0.308 e. The zero-order valence-electron chi connectivity index (χ0n) is 84.1. The van der Waals surface area contributed by atoms with Gasteiger partial charge in [0.25, 0.3) is 0 Å². The van der Waals surface area contributed by atoms with Gasteiger partial charge in [0.05, 0.1) is 50.9 Å². The van der Waals surface area contributed by atoms with Crippen LogP contribution in [0.5, 0.6) is 0 Å². The fraction of sp³-hybridized carbons (Fsp3) is 0.0704. The molecule has 8 aliphatic rings. The fourth-order valence-electron chi connectivity index (χ4n) is 24.7. The zero-order valence-corrected chi connectivity index (χ0v) is 87.3. The van der Waals surface area contributed by atoms with E-state index >= 15 is 0 Å². The lowest BCUT2D eigenvalue weighted by Crippen LogP contribution is -2.28. The highest BCUT2D eigenvalue weighted by Crippen LogP contribution is 2.69. The Hall–Kier alpha value is -16.6. The molecule has 0 fully saturated rings. The van der Waals surface area contributed by atoms with Gasteiger partial charge >= 0.3 is 0 Å². The average Bonchev–Trinajstić information content (AvgIpc) is 1.55. The van der Waals surface area contributed by atoms with E-state index < -0.39 is 5.41 Å². The van der Waals surface area contributed by atoms with Gasteiger partial charge in [-0.05, 0) is 245 Å². The van der Waals surface area contributed by atoms with Crippen LogP contribution in [0.2, 0.25) is 0 Å². The lowest BCUT2D eigenvalue weighted by Gasteiger charge is -2.36. The van der Waals surface area contributed by atoms with Gasteiger partial charge in [-0.15, -0.1) is 0 Å². The number of benzene rings is 22. The number of hydrogen-bond acceptors (Lipinski definition) is 8. The van der Waals surface area contributed by atoms with Crippen LogP contribution in [-0.4, -0.2) is 0 Å². The summed E-state index contributed by atoms with van der Waals surface area (Å²) in [5.74, 6) is 0. The van der Waals surface area contributed by atoms with Crippen LogP contribution in [0.1, 0.15) is 97.2 Å². The van der Waals surface area contributed by atoms with Crippen LogP contribution in [-0.2, 0) is 21.7 Å². The molecular formula is C142H104N4S4. The lowest BCUT2D eigenvalue weighted by molar-refractivity contribution is 0.659. The Labute approximate surface area is 896 Å². The largest absolute Gasteiger partial charge is 0.308 e. The summed E-state index contributed by atoms with van der Waals surface area (Å²) in [4.78, 5) is 20.3. The maximum absolute atomic E-state index is 2.48. The van der Waals surface area contributed by atoms with E-state index in [4.69, 9.17) is 0 Å². The van der Waals surface area contributed by atoms with E-state index in [1.807, 2.05) is 47.0 Å². The van der Waals surface area contributed by atoms with Gasteiger partial charge < -0.3 is 19.6 Å². The van der Waals surface area contributed by atoms with Crippen molar-refractivity contribution in [1.82, 2.24) is 0 Å². The molecule has 0 saturated heterocycles. The Balaban J connectivity index is 0.0000000985. The van der Waals surface area contributed by atoms with Crippen molar-refractivity contribution < 1.29 is 0 Å². The van der Waals surface area contributed by atoms with Gasteiger partial charge in [-0.1, -0.05) is 477 Å². The molecular weight excluding hydrogens is 1890 g/mol. The zero-order chi connectivity index (χ0) is 101. The monoisotopic (exact) mass is 1990 g/mol. The molecule has 4 nitrogen and oxygen atoms in total. The first-order valence-electron chi connectivity index (χ1n) is 51.8. The number of fused-ring (bicyclic) bond motifs is 24. The fourth-order valence-corrected chi connectivity index (χ4v) is 29.6. The number of nitrogens with zero attached hydrogens (tertiary/aromatic N) is 4. The highest BCUT2D eigenvalue weighted by molar-refractivity contribution is 8.00. The molecule has 4 aliphatic carbocycles. The second kappa shape index (κ2) is 37.4. The number of anilines is 12. The first-order chi connectivity index (χ1) is 73.7. The minimum atomic E-state index is -0.390. The predicted octanol–water partition coefficient (Wildman–Crippen LogP) is 40.4. The van der Waals surface area contributed by atoms with Crippen LogP contribution < -0.4 is 19.6 Å². The molecule has 30 rings (SSSR count). The normalized spacial score (nSPS) is 14.4. The van der Waals surface area contributed by atoms with Crippen LogP contribution in [0.15, 0.2) is 561 Å². The van der Waals surface area contributed by atoms with Crippen molar-refractivity contribution >= 4 is 115 Å². The predicted molar refractivity (Wildman–Crippen MR) is 633 cm³/mol. The van der Waals surface area contributed by atoms with Crippen molar-refractivity contribution in [2.45, 2.75) is 102 Å². The Kier molecular flexibility index (Phi) is 22.9. The van der Waals surface area contributed by atoms with E-state index in [0.29, 0.717) is 0 Å². The molecule has 0 spiro atoms. The van der Waals surface area contributed by atoms with Gasteiger partial charge in [0.15, 0.2) is 0 Å². The third-order valence-electron chi connectivity index (χ3n) is 31.7. The molecule has 4 aliphatic heterocycles. The van der Waals surface area contributed by atoms with Gasteiger partial charge in [-0.2, -0.15) is 0 Å². The van der Waals surface area contributed by atoms with Gasteiger partial charge in [0.1, 0.15) is 0 Å². The second-order valence-corrected chi connectivity index (χ2v) is 45.3. The Morgan fingerprint density at radius 3 is 0.813 bits per heavy atom. The standard InChI is InChI=1S/C39H29NS.C37H25NS.2C33H25NS/c1-39(2)32-24-28(26-14-6-3-7-15-26)22-23-30(32)36-33(39)25-31(27-16-8-4-9-17-27)37-38(36)41-35-21-13-12-20-34(35)40(37)29-18-10-5-11-19-29;1-4-14-26(15-5-1)37(27-16-6-2-7-17-27)30-21-11-10-20-29(30)35-31(37)24-25-33-36(35)39-34-23-13-12-22-32(34)38(33)28-18-8-3-9-19-28;1-33(2)26-18-10-9-17-24(26)30-27(33)21-25(22-13-5-3-6-14-22)31-32(30)35-29-20-12-11-19-28(29)34(31)23-15-7-4-8-16-23;1-33(2)26-19-20-29-32(31(26)25-18-17-23(21-27(25)33)22-11-5-3-6-12-22)35-30-16-10-9-15-28(30)34(29)24-13-7-4-8-14-24/h3-25H,1-2H3;1-25H;2*3-21H,1-2H3. The maximum Gasteiger partial charge on any atom is 0.0714 e. The third-order valence-corrected chi connectivity index (χ3v) is 36.4. The van der Waals surface area contributed by atoms with Crippen molar-refractivity contribution in [3.63, 3.8) is 0 Å². The van der Waals surface area contributed by atoms with Crippen molar-refractivity contribution in [2.75, 3.05) is 19.6 Å². The van der Waals surface area contributed by atoms with Crippen LogP contribution >= 0.6 is 47.0 Å². The molecule has 22 aromatic carbocycles. The summed E-state index contributed by atoms with van der Waals surface area (Å²) >= 11 is 7.65. The van der Waals surface area contributed by atoms with Crippen molar-refractivity contribution in [1.29, 1.82) is 0 Å². The summed E-state index contributed by atoms with van der Waals surface area (Å²) in [6.45, 7) is 14.3. The molecule has 150 heavy (non-hydrogen) atoms. The van der Waals surface area contributed by atoms with Gasteiger partial charge in [0.2, 0.25) is 0 Å². The first kappa shape index (κ1) is 92.1. The molecule has 22 aromatic rings. The molecule has 4 heterocycles. The quantitative estimate of drug-likeness (QED) is 0.133. The number of hydrogen-bond donors (Lipinski definition) is 0. The van der Waals surface area contributed by atoms with Crippen LogP contribution in [0.3, 0.4) is 0 Å². The number of rotatable bonds is 10. The summed E-state index contributed by atoms with van der Waals surface area (Å²) in [5.41, 5.74) is 48.8. The van der Waals surface area contributed by atoms with E-state index in [-0.39, 0.29) is 16.2 Å². The van der Waals surface area contributed by atoms with E-state index in [1.54, 1.807) is 0 Å². The molecule has 716 valence electrons. The Bertz CT molecular complexity index is 8970. The summed E-state index contributed by atoms with van der Waals surface area (Å²) in [7, 11) is 0. The highest BCUT2D eigenvalue weighted by Gasteiger charge is 2.50. The maximum atomic E-state index is 2.48. The topological polar surface area (TPSA) is 13.0 Å². The summed E-state index contributed by atoms with van der Waals surface area (Å²) in [6, 6.07) is 190. The SMILES string of the molecule is CC1(C)c2cc(-c3ccccc3)ccc2-c2c1cc(-c1ccccc1)c1c2Sc2ccccc2N1c1ccccc1.CC1(C)c2cc(-c3ccccc3)ccc2-c2c1ccc1c2Sc2ccccc2N1c1ccccc1.CC1(C)c2ccccc2-c2c1cc(-c1ccccc1)c1c2Sc2ccccc2N1c1ccccc1.c1ccc(N2c3ccccc3Sc3c2ccc2c3-c3ccccc3C2(c2ccccc2)c2ccccc2)cc1. The molecule has 0 unspecified atom stereocenters. The smallest absolute Gasteiger partial charge is 0.0714 e. The lowest BCUT2D eigenvalue weighted by atomic mass is 9.68. The molecule has 0 aromatic heterocycles. The second-order valence-electron chi connectivity index (χ2n) is 41.1. The van der Waals surface area contributed by atoms with Crippen molar-refractivity contribution in [2.24, 2.45) is 0 Å². The van der Waals surface area contributed by atoms with Gasteiger partial charge in [-0.25, -0.2) is 0 Å². The Morgan fingerprint density at radius 1 is 0.160 bits per heavy atom. The van der Waals surface area contributed by atoms with Crippen LogP contribution in [0, 0.1) is 0 Å². The summed E-state index contributed by atoms with van der Waals surface area (Å²) in [5, 5.41) is 0. The van der Waals surface area contributed by atoms with Crippen LogP contribution in [0.4, 0.5) is 68.2 Å². The molecule has 0 atom stereocenters. The molecule has 0 radical (unpaired) electrons.